The molecule has 0 aliphatic carbocycles. The van der Waals surface area contributed by atoms with Gasteiger partial charge in [-0.2, -0.15) is 0 Å². The molecule has 3 N–H and O–H groups in total. The third-order valence-electron chi connectivity index (χ3n) is 7.43. The number of phenolic OH excluding ortho intramolecular Hbond substituents is 1. The number of hydrogen-bond donors (Lipinski definition) is 3. The Hall–Kier alpha value is -3.88. The van der Waals surface area contributed by atoms with E-state index in [9.17, 15) is 24.3 Å². The van der Waals surface area contributed by atoms with Crippen LogP contribution in [0.1, 0.15) is 88.0 Å². The van der Waals surface area contributed by atoms with E-state index in [1.165, 1.54) is 12.7 Å². The van der Waals surface area contributed by atoms with Crippen molar-refractivity contribution in [3.63, 3.8) is 0 Å². The van der Waals surface area contributed by atoms with Gasteiger partial charge in [0.1, 0.15) is 11.4 Å². The van der Waals surface area contributed by atoms with E-state index in [-0.39, 0.29) is 36.3 Å². The number of rotatable bonds is 17. The predicted molar refractivity (Wildman–Crippen MR) is 170 cm³/mol. The number of carbonyl (C=O) groups excluding carboxylic acids is 4. The third kappa shape index (κ3) is 13.6. The second-order valence-electron chi connectivity index (χ2n) is 12.4. The van der Waals surface area contributed by atoms with Gasteiger partial charge in [-0.15, -0.1) is 0 Å². The normalized spacial score (nSPS) is 12.6. The summed E-state index contributed by atoms with van der Waals surface area (Å²) in [5.41, 5.74) is 2.86. The average Bonchev–Trinajstić information content (AvgIpc) is 2.94. The number of unbranched alkanes of at least 4 members (excludes halogenated alkanes) is 2. The molecule has 0 aliphatic rings. The lowest BCUT2D eigenvalue weighted by molar-refractivity contribution is -0.140. The molecule has 0 heterocycles. The van der Waals surface area contributed by atoms with Crippen molar-refractivity contribution < 1.29 is 33.8 Å². The molecule has 0 bridgehead atoms. The van der Waals surface area contributed by atoms with Crippen LogP contribution in [0.15, 0.2) is 42.5 Å². The summed E-state index contributed by atoms with van der Waals surface area (Å²) in [7, 11) is 1.36. The maximum absolute atomic E-state index is 13.8. The minimum atomic E-state index is -0.931. The Morgan fingerprint density at radius 1 is 0.932 bits per heavy atom. The Bertz CT molecular complexity index is 1210. The van der Waals surface area contributed by atoms with E-state index in [0.717, 1.165) is 29.5 Å². The minimum absolute atomic E-state index is 0.0574. The van der Waals surface area contributed by atoms with Gasteiger partial charge in [0, 0.05) is 31.7 Å². The number of nitrogens with one attached hydrogen (secondary N) is 2. The molecule has 0 radical (unpaired) electrons. The number of aryl methyl sites for hydroxylation is 3. The Balaban J connectivity index is 2.17. The number of hydrogen-bond acceptors (Lipinski definition) is 7. The maximum Gasteiger partial charge on any atom is 0.408 e. The number of phenols is 1. The molecule has 9 nitrogen and oxygen atoms in total. The molecule has 0 unspecified atom stereocenters. The van der Waals surface area contributed by atoms with Gasteiger partial charge in [-0.05, 0) is 94.7 Å². The van der Waals surface area contributed by atoms with Crippen molar-refractivity contribution in [3.05, 3.63) is 64.7 Å². The molecule has 0 fully saturated rings. The van der Waals surface area contributed by atoms with Gasteiger partial charge in [-0.25, -0.2) is 4.79 Å². The summed E-state index contributed by atoms with van der Waals surface area (Å²) in [5.74, 6) is -1.22. The smallest absolute Gasteiger partial charge is 0.408 e. The van der Waals surface area contributed by atoms with Crippen LogP contribution < -0.4 is 10.6 Å². The van der Waals surface area contributed by atoms with Gasteiger partial charge in [-0.3, -0.25) is 14.4 Å². The highest BCUT2D eigenvalue weighted by atomic mass is 16.6. The Labute approximate surface area is 262 Å². The van der Waals surface area contributed by atoms with Crippen molar-refractivity contribution in [2.75, 3.05) is 13.7 Å². The number of ketones is 1. The van der Waals surface area contributed by atoms with Crippen LogP contribution in [0.3, 0.4) is 0 Å². The molecule has 2 amide bonds. The van der Waals surface area contributed by atoms with Crippen LogP contribution in [0.4, 0.5) is 4.79 Å². The number of ether oxygens (including phenoxy) is 2. The number of benzene rings is 2. The van der Waals surface area contributed by atoms with Crippen molar-refractivity contribution in [1.29, 1.82) is 0 Å². The molecule has 2 aromatic rings. The van der Waals surface area contributed by atoms with Gasteiger partial charge >= 0.3 is 12.1 Å². The number of carbonyl (C=O) groups is 4. The second-order valence-corrected chi connectivity index (χ2v) is 12.4. The Morgan fingerprint density at radius 3 is 2.20 bits per heavy atom. The van der Waals surface area contributed by atoms with E-state index in [2.05, 4.69) is 10.6 Å². The zero-order valence-corrected chi connectivity index (χ0v) is 27.2. The average molecular weight is 611 g/mol. The quantitative estimate of drug-likeness (QED) is 0.150. The van der Waals surface area contributed by atoms with Crippen LogP contribution in [0.25, 0.3) is 0 Å². The van der Waals surface area contributed by atoms with Gasteiger partial charge in [0.25, 0.3) is 0 Å². The summed E-state index contributed by atoms with van der Waals surface area (Å²) in [6.45, 7) is 9.41. The molecule has 0 saturated carbocycles. The molecular formula is C35H50N2O7. The Kier molecular flexibility index (Phi) is 14.9. The fourth-order valence-corrected chi connectivity index (χ4v) is 5.13. The van der Waals surface area contributed by atoms with Gasteiger partial charge in [0.15, 0.2) is 5.78 Å². The van der Waals surface area contributed by atoms with E-state index in [0.29, 0.717) is 38.6 Å². The topological polar surface area (TPSA) is 131 Å². The van der Waals surface area contributed by atoms with Crippen LogP contribution in [0.2, 0.25) is 0 Å². The number of amides is 2. The zero-order chi connectivity index (χ0) is 32.7. The summed E-state index contributed by atoms with van der Waals surface area (Å²) in [6, 6.07) is 12.3. The van der Waals surface area contributed by atoms with E-state index in [1.807, 2.05) is 44.2 Å². The predicted octanol–water partition coefficient (Wildman–Crippen LogP) is 5.89. The summed E-state index contributed by atoms with van der Waals surface area (Å²) < 4.78 is 10.2. The lowest BCUT2D eigenvalue weighted by atomic mass is 9.88. The van der Waals surface area contributed by atoms with E-state index in [1.54, 1.807) is 32.9 Å². The molecule has 0 saturated heterocycles. The van der Waals surface area contributed by atoms with Crippen molar-refractivity contribution in [2.24, 2.45) is 5.92 Å². The summed E-state index contributed by atoms with van der Waals surface area (Å²) in [6.07, 6.45) is 3.79. The van der Waals surface area contributed by atoms with Crippen LogP contribution in [-0.4, -0.2) is 54.2 Å². The fourth-order valence-electron chi connectivity index (χ4n) is 5.13. The van der Waals surface area contributed by atoms with Crippen molar-refractivity contribution in [3.8, 4) is 5.75 Å². The number of methoxy groups -OCH3 is 1. The van der Waals surface area contributed by atoms with Gasteiger partial charge in [-0.1, -0.05) is 43.2 Å². The van der Waals surface area contributed by atoms with E-state index < -0.39 is 23.7 Å². The van der Waals surface area contributed by atoms with Gasteiger partial charge in [0.2, 0.25) is 5.91 Å². The molecule has 0 aromatic heterocycles. The SMILES string of the molecule is COC(=O)CCCCC[C@@H](CC(=O)[C@H](Cc1c(C)cc(O)cc1C)NC(=O)OC(C)(C)C)C(=O)NCCCc1ccccc1. The van der Waals surface area contributed by atoms with Crippen LogP contribution in [0.5, 0.6) is 5.75 Å². The highest BCUT2D eigenvalue weighted by molar-refractivity contribution is 5.92. The maximum atomic E-state index is 13.8. The number of esters is 1. The molecule has 0 aliphatic heterocycles. The first-order valence-corrected chi connectivity index (χ1v) is 15.5. The monoisotopic (exact) mass is 610 g/mol. The summed E-state index contributed by atoms with van der Waals surface area (Å²) >= 11 is 0. The molecule has 9 heteroatoms. The third-order valence-corrected chi connectivity index (χ3v) is 7.43. The number of aromatic hydroxyl groups is 1. The molecule has 242 valence electrons. The van der Waals surface area contributed by atoms with Crippen molar-refractivity contribution in [1.82, 2.24) is 10.6 Å². The van der Waals surface area contributed by atoms with Gasteiger partial charge < -0.3 is 25.2 Å². The van der Waals surface area contributed by atoms with E-state index >= 15 is 0 Å². The minimum Gasteiger partial charge on any atom is -0.508 e. The van der Waals surface area contributed by atoms with E-state index in [4.69, 9.17) is 9.47 Å². The van der Waals surface area contributed by atoms with Crippen LogP contribution in [-0.2, 0) is 36.7 Å². The lowest BCUT2D eigenvalue weighted by Gasteiger charge is -2.25. The molecule has 0 spiro atoms. The summed E-state index contributed by atoms with van der Waals surface area (Å²) in [5, 5.41) is 15.8. The first-order valence-electron chi connectivity index (χ1n) is 15.5. The number of Topliss-reactive ketones (excluding diaryl/α,β-unsaturated/α-hetero) is 1. The highest BCUT2D eigenvalue weighted by Crippen LogP contribution is 2.24. The fraction of sp³-hybridized carbons (Fsp3) is 0.543. The zero-order valence-electron chi connectivity index (χ0n) is 27.2. The van der Waals surface area contributed by atoms with Crippen LogP contribution in [0, 0.1) is 19.8 Å². The first-order chi connectivity index (χ1) is 20.8. The summed E-state index contributed by atoms with van der Waals surface area (Å²) in [4.78, 5) is 51.5. The molecular weight excluding hydrogens is 560 g/mol. The Morgan fingerprint density at radius 2 is 1.59 bits per heavy atom. The molecule has 44 heavy (non-hydrogen) atoms. The molecule has 2 atom stereocenters. The highest BCUT2D eigenvalue weighted by Gasteiger charge is 2.30. The van der Waals surface area contributed by atoms with Gasteiger partial charge in [0.05, 0.1) is 13.2 Å². The van der Waals surface area contributed by atoms with Crippen molar-refractivity contribution >= 4 is 23.8 Å². The molecule has 2 rings (SSSR count). The standard InChI is InChI=1S/C35H50N2O7/c1-24-20-28(38)21-25(2)29(24)23-30(37-34(42)44-35(3,4)5)31(39)22-27(17-11-8-12-18-32(40)43-6)33(41)36-19-13-16-26-14-9-7-10-15-26/h7,9-10,14-15,20-21,27,30,38H,8,11-13,16-19,22-23H2,1-6H3,(H,36,41)(H,37,42)/t27-,30-/m0/s1. The largest absolute Gasteiger partial charge is 0.508 e. The molecule has 2 aromatic carbocycles. The number of alkyl carbamates (subject to hydrolysis) is 1. The second kappa shape index (κ2) is 18.0. The van der Waals surface area contributed by atoms with Crippen molar-refractivity contribution in [2.45, 2.75) is 104 Å². The lowest BCUT2D eigenvalue weighted by Crippen LogP contribution is -2.46. The van der Waals surface area contributed by atoms with Crippen LogP contribution >= 0.6 is 0 Å². The first kappa shape index (κ1) is 36.3.